The number of aromatic nitrogens is 2. The molecule has 98 valence electrons. The minimum Gasteiger partial charge on any atom is -0.481 e. The molecule has 0 spiro atoms. The van der Waals surface area contributed by atoms with Crippen molar-refractivity contribution in [1.29, 1.82) is 0 Å². The largest absolute Gasteiger partial charge is 0.481 e. The van der Waals surface area contributed by atoms with Crippen LogP contribution in [-0.4, -0.2) is 27.1 Å². The number of carboxylic acids is 1. The third-order valence-corrected chi connectivity index (χ3v) is 3.40. The summed E-state index contributed by atoms with van der Waals surface area (Å²) in [6.45, 7) is 4.03. The molecular formula is C13H19N3O2. The number of nitrogens with zero attached hydrogens (tertiary/aromatic N) is 2. The van der Waals surface area contributed by atoms with Crippen molar-refractivity contribution >= 4 is 11.8 Å². The second kappa shape index (κ2) is 5.33. The molecule has 18 heavy (non-hydrogen) atoms. The van der Waals surface area contributed by atoms with Gasteiger partial charge in [-0.15, -0.1) is 0 Å². The first-order chi connectivity index (χ1) is 8.58. The number of carboxylic acid groups (broad SMARTS) is 1. The summed E-state index contributed by atoms with van der Waals surface area (Å²) in [5.74, 6) is 0.275. The highest BCUT2D eigenvalue weighted by atomic mass is 16.4. The van der Waals surface area contributed by atoms with Gasteiger partial charge in [-0.05, 0) is 25.2 Å². The van der Waals surface area contributed by atoms with Crippen LogP contribution in [0.3, 0.4) is 0 Å². The summed E-state index contributed by atoms with van der Waals surface area (Å²) in [4.78, 5) is 19.4. The van der Waals surface area contributed by atoms with Crippen molar-refractivity contribution in [3.8, 4) is 0 Å². The molecule has 1 aromatic heterocycles. The molecule has 1 aliphatic carbocycles. The summed E-state index contributed by atoms with van der Waals surface area (Å²) < 4.78 is 0. The van der Waals surface area contributed by atoms with Crippen LogP contribution in [0.5, 0.6) is 0 Å². The quantitative estimate of drug-likeness (QED) is 0.833. The Kier molecular flexibility index (Phi) is 3.79. The average molecular weight is 249 g/mol. The van der Waals surface area contributed by atoms with Gasteiger partial charge in [-0.2, -0.15) is 0 Å². The topological polar surface area (TPSA) is 75.1 Å². The highest BCUT2D eigenvalue weighted by molar-refractivity contribution is 5.68. The van der Waals surface area contributed by atoms with E-state index < -0.39 is 5.97 Å². The van der Waals surface area contributed by atoms with Crippen molar-refractivity contribution in [1.82, 2.24) is 9.97 Å². The van der Waals surface area contributed by atoms with Crippen LogP contribution in [0.15, 0.2) is 6.33 Å². The van der Waals surface area contributed by atoms with Gasteiger partial charge < -0.3 is 10.4 Å². The fourth-order valence-electron chi connectivity index (χ4n) is 2.30. The smallest absolute Gasteiger partial charge is 0.305 e. The van der Waals surface area contributed by atoms with Gasteiger partial charge in [0.25, 0.3) is 0 Å². The minimum atomic E-state index is -0.785. The molecule has 0 radical (unpaired) electrons. The van der Waals surface area contributed by atoms with Crippen LogP contribution in [0.4, 0.5) is 5.82 Å². The number of hydrogen-bond donors (Lipinski definition) is 2. The lowest BCUT2D eigenvalue weighted by atomic mass is 10.0. The zero-order valence-corrected chi connectivity index (χ0v) is 10.8. The molecule has 5 nitrogen and oxygen atoms in total. The molecule has 2 N–H and O–H groups in total. The monoisotopic (exact) mass is 249 g/mol. The van der Waals surface area contributed by atoms with E-state index in [1.54, 1.807) is 6.33 Å². The minimum absolute atomic E-state index is 0.0953. The number of aliphatic carboxylic acids is 1. The summed E-state index contributed by atoms with van der Waals surface area (Å²) >= 11 is 0. The second-order valence-electron chi connectivity index (χ2n) is 5.09. The number of aryl methyl sites for hydroxylation is 1. The Hall–Kier alpha value is -1.65. The third-order valence-electron chi connectivity index (χ3n) is 3.40. The van der Waals surface area contributed by atoms with Gasteiger partial charge in [0.2, 0.25) is 0 Å². The zero-order chi connectivity index (χ0) is 13.1. The molecule has 0 saturated carbocycles. The maximum Gasteiger partial charge on any atom is 0.305 e. The second-order valence-corrected chi connectivity index (χ2v) is 5.09. The van der Waals surface area contributed by atoms with E-state index in [0.29, 0.717) is 0 Å². The molecule has 0 fully saturated rings. The highest BCUT2D eigenvalue weighted by Gasteiger charge is 2.22. The standard InChI is InChI=1S/C13H19N3O2/c1-8(2)11(6-12(17)18)16-13-9-4-3-5-10(9)14-7-15-13/h7-8,11H,3-6H2,1-2H3,(H,17,18)(H,14,15,16). The number of hydrogen-bond acceptors (Lipinski definition) is 4. The van der Waals surface area contributed by atoms with Crippen LogP contribution in [0.1, 0.15) is 37.9 Å². The van der Waals surface area contributed by atoms with Gasteiger partial charge >= 0.3 is 5.97 Å². The highest BCUT2D eigenvalue weighted by Crippen LogP contribution is 2.26. The Morgan fingerprint density at radius 1 is 1.44 bits per heavy atom. The van der Waals surface area contributed by atoms with Crippen molar-refractivity contribution in [2.75, 3.05) is 5.32 Å². The van der Waals surface area contributed by atoms with E-state index in [9.17, 15) is 4.79 Å². The molecule has 1 heterocycles. The molecule has 0 amide bonds. The van der Waals surface area contributed by atoms with Gasteiger partial charge in [-0.25, -0.2) is 9.97 Å². The first-order valence-corrected chi connectivity index (χ1v) is 6.39. The van der Waals surface area contributed by atoms with Crippen LogP contribution in [0.2, 0.25) is 0 Å². The van der Waals surface area contributed by atoms with E-state index in [4.69, 9.17) is 5.11 Å². The molecule has 0 aliphatic heterocycles. The van der Waals surface area contributed by atoms with Crippen molar-refractivity contribution in [2.45, 2.75) is 45.6 Å². The molecule has 0 aromatic carbocycles. The van der Waals surface area contributed by atoms with E-state index in [1.807, 2.05) is 13.8 Å². The average Bonchev–Trinajstić information content (AvgIpc) is 2.76. The summed E-state index contributed by atoms with van der Waals surface area (Å²) in [7, 11) is 0. The predicted octanol–water partition coefficient (Wildman–Crippen LogP) is 1.88. The Labute approximate surface area is 107 Å². The zero-order valence-electron chi connectivity index (χ0n) is 10.8. The summed E-state index contributed by atoms with van der Waals surface area (Å²) in [5.41, 5.74) is 2.26. The number of nitrogens with one attached hydrogen (secondary N) is 1. The van der Waals surface area contributed by atoms with E-state index >= 15 is 0 Å². The maximum atomic E-state index is 10.9. The van der Waals surface area contributed by atoms with Gasteiger partial charge in [-0.3, -0.25) is 4.79 Å². The summed E-state index contributed by atoms with van der Waals surface area (Å²) in [6, 6.07) is -0.0953. The van der Waals surface area contributed by atoms with Crippen LogP contribution in [-0.2, 0) is 17.6 Å². The molecule has 1 atom stereocenters. The maximum absolute atomic E-state index is 10.9. The van der Waals surface area contributed by atoms with Gasteiger partial charge in [0, 0.05) is 17.3 Å². The van der Waals surface area contributed by atoms with E-state index in [0.717, 1.165) is 36.3 Å². The first-order valence-electron chi connectivity index (χ1n) is 6.39. The lowest BCUT2D eigenvalue weighted by Gasteiger charge is -2.22. The Bertz CT molecular complexity index is 446. The molecule has 1 unspecified atom stereocenters. The number of anilines is 1. The van der Waals surface area contributed by atoms with Crippen molar-refractivity contribution < 1.29 is 9.90 Å². The van der Waals surface area contributed by atoms with Gasteiger partial charge in [0.05, 0.1) is 6.42 Å². The normalized spacial score (nSPS) is 15.5. The molecule has 0 saturated heterocycles. The van der Waals surface area contributed by atoms with E-state index in [2.05, 4.69) is 15.3 Å². The van der Waals surface area contributed by atoms with Crippen molar-refractivity contribution in [3.05, 3.63) is 17.6 Å². The summed E-state index contributed by atoms with van der Waals surface area (Å²) in [6.07, 6.45) is 4.75. The van der Waals surface area contributed by atoms with E-state index in [-0.39, 0.29) is 18.4 Å². The number of fused-ring (bicyclic) bond motifs is 1. The first kappa shape index (κ1) is 12.8. The number of carbonyl (C=O) groups is 1. The molecular weight excluding hydrogens is 230 g/mol. The van der Waals surface area contributed by atoms with Crippen molar-refractivity contribution in [3.63, 3.8) is 0 Å². The Balaban J connectivity index is 2.16. The molecule has 1 aromatic rings. The van der Waals surface area contributed by atoms with Gasteiger partial charge in [0.15, 0.2) is 0 Å². The third kappa shape index (κ3) is 2.78. The van der Waals surface area contributed by atoms with Crippen LogP contribution in [0, 0.1) is 5.92 Å². The Morgan fingerprint density at radius 2 is 2.22 bits per heavy atom. The Morgan fingerprint density at radius 3 is 2.89 bits per heavy atom. The molecule has 2 rings (SSSR count). The number of rotatable bonds is 5. The fourth-order valence-corrected chi connectivity index (χ4v) is 2.30. The SMILES string of the molecule is CC(C)C(CC(=O)O)Nc1ncnc2c1CCC2. The predicted molar refractivity (Wildman–Crippen MR) is 68.6 cm³/mol. The van der Waals surface area contributed by atoms with Gasteiger partial charge in [-0.1, -0.05) is 13.8 Å². The lowest BCUT2D eigenvalue weighted by Crippen LogP contribution is -2.29. The molecule has 1 aliphatic rings. The van der Waals surface area contributed by atoms with Gasteiger partial charge in [0.1, 0.15) is 12.1 Å². The molecule has 5 heteroatoms. The van der Waals surface area contributed by atoms with Crippen LogP contribution < -0.4 is 5.32 Å². The fraction of sp³-hybridized carbons (Fsp3) is 0.615. The summed E-state index contributed by atoms with van der Waals surface area (Å²) in [5, 5.41) is 12.2. The van der Waals surface area contributed by atoms with E-state index in [1.165, 1.54) is 0 Å². The van der Waals surface area contributed by atoms with Crippen LogP contribution in [0.25, 0.3) is 0 Å². The lowest BCUT2D eigenvalue weighted by molar-refractivity contribution is -0.137. The molecule has 0 bridgehead atoms. The van der Waals surface area contributed by atoms with Crippen LogP contribution >= 0.6 is 0 Å². The van der Waals surface area contributed by atoms with Crippen molar-refractivity contribution in [2.24, 2.45) is 5.92 Å².